The SMILES string of the molecule is COC(=O)CCCNC(=O)c1csc2nc(-c3ccc(C(F)(F)F)cc3)cn12. The van der Waals surface area contributed by atoms with Gasteiger partial charge >= 0.3 is 12.1 Å². The molecule has 3 rings (SSSR count). The Morgan fingerprint density at radius 3 is 2.61 bits per heavy atom. The van der Waals surface area contributed by atoms with E-state index in [-0.39, 0.29) is 18.3 Å². The van der Waals surface area contributed by atoms with Gasteiger partial charge in [-0.3, -0.25) is 14.0 Å². The second-order valence-corrected chi connectivity index (χ2v) is 6.75. The first-order chi connectivity index (χ1) is 13.3. The number of ether oxygens (including phenoxy) is 1. The van der Waals surface area contributed by atoms with Crippen LogP contribution in [0.25, 0.3) is 16.2 Å². The van der Waals surface area contributed by atoms with E-state index >= 15 is 0 Å². The van der Waals surface area contributed by atoms with E-state index in [4.69, 9.17) is 0 Å². The fourth-order valence-corrected chi connectivity index (χ4v) is 3.40. The van der Waals surface area contributed by atoms with Crippen molar-refractivity contribution in [1.29, 1.82) is 0 Å². The number of alkyl halides is 3. The molecule has 0 saturated heterocycles. The molecule has 0 spiro atoms. The lowest BCUT2D eigenvalue weighted by atomic mass is 10.1. The van der Waals surface area contributed by atoms with Gasteiger partial charge in [0.05, 0.1) is 18.4 Å². The Bertz CT molecular complexity index is 993. The molecule has 0 saturated carbocycles. The van der Waals surface area contributed by atoms with Gasteiger partial charge in [-0.15, -0.1) is 11.3 Å². The van der Waals surface area contributed by atoms with Crippen molar-refractivity contribution in [1.82, 2.24) is 14.7 Å². The molecule has 0 atom stereocenters. The quantitative estimate of drug-likeness (QED) is 0.495. The average molecular weight is 411 g/mol. The number of rotatable bonds is 6. The van der Waals surface area contributed by atoms with Crippen LogP contribution in [0, 0.1) is 0 Å². The van der Waals surface area contributed by atoms with E-state index in [0.717, 1.165) is 12.1 Å². The van der Waals surface area contributed by atoms with Gasteiger partial charge in [-0.05, 0) is 18.6 Å². The molecule has 28 heavy (non-hydrogen) atoms. The molecule has 2 aromatic heterocycles. The van der Waals surface area contributed by atoms with Crippen molar-refractivity contribution in [3.8, 4) is 11.3 Å². The zero-order valence-electron chi connectivity index (χ0n) is 14.7. The Labute approximate surface area is 162 Å². The molecule has 10 heteroatoms. The van der Waals surface area contributed by atoms with E-state index in [1.54, 1.807) is 16.0 Å². The van der Waals surface area contributed by atoms with Crippen LogP contribution in [0.1, 0.15) is 28.9 Å². The Morgan fingerprint density at radius 1 is 1.25 bits per heavy atom. The van der Waals surface area contributed by atoms with E-state index in [0.29, 0.717) is 34.9 Å². The predicted molar refractivity (Wildman–Crippen MR) is 97.1 cm³/mol. The first-order valence-electron chi connectivity index (χ1n) is 8.29. The predicted octanol–water partition coefficient (Wildman–Crippen LogP) is 3.76. The molecular formula is C18H16F3N3O3S. The molecule has 0 fully saturated rings. The summed E-state index contributed by atoms with van der Waals surface area (Å²) in [5.74, 6) is -0.671. The van der Waals surface area contributed by atoms with E-state index in [1.807, 2.05) is 0 Å². The minimum atomic E-state index is -4.40. The summed E-state index contributed by atoms with van der Waals surface area (Å²) in [6.45, 7) is 0.311. The fourth-order valence-electron chi connectivity index (χ4n) is 2.54. The summed E-state index contributed by atoms with van der Waals surface area (Å²) in [5.41, 5.74) is 0.627. The van der Waals surface area contributed by atoms with Crippen molar-refractivity contribution in [2.24, 2.45) is 0 Å². The molecule has 0 radical (unpaired) electrons. The summed E-state index contributed by atoms with van der Waals surface area (Å²) in [6, 6.07) is 4.69. The first-order valence-corrected chi connectivity index (χ1v) is 9.17. The fraction of sp³-hybridized carbons (Fsp3) is 0.278. The minimum Gasteiger partial charge on any atom is -0.469 e. The van der Waals surface area contributed by atoms with E-state index < -0.39 is 11.7 Å². The van der Waals surface area contributed by atoms with Crippen LogP contribution in [0.2, 0.25) is 0 Å². The summed E-state index contributed by atoms with van der Waals surface area (Å²) >= 11 is 1.25. The van der Waals surface area contributed by atoms with Gasteiger partial charge in [-0.1, -0.05) is 12.1 Å². The third-order valence-electron chi connectivity index (χ3n) is 4.02. The topological polar surface area (TPSA) is 72.7 Å². The number of nitrogens with zero attached hydrogens (tertiary/aromatic N) is 2. The number of nitrogens with one attached hydrogen (secondary N) is 1. The lowest BCUT2D eigenvalue weighted by Gasteiger charge is -2.06. The highest BCUT2D eigenvalue weighted by molar-refractivity contribution is 7.15. The smallest absolute Gasteiger partial charge is 0.416 e. The molecule has 148 valence electrons. The molecule has 3 aromatic rings. The molecule has 1 amide bonds. The van der Waals surface area contributed by atoms with Crippen molar-refractivity contribution in [2.45, 2.75) is 19.0 Å². The Morgan fingerprint density at radius 2 is 1.96 bits per heavy atom. The van der Waals surface area contributed by atoms with E-state index in [9.17, 15) is 22.8 Å². The van der Waals surface area contributed by atoms with Crippen LogP contribution < -0.4 is 5.32 Å². The maximum atomic E-state index is 12.7. The Balaban J connectivity index is 1.72. The van der Waals surface area contributed by atoms with Crippen molar-refractivity contribution in [2.75, 3.05) is 13.7 Å². The van der Waals surface area contributed by atoms with Crippen LogP contribution in [-0.4, -0.2) is 34.9 Å². The number of benzene rings is 1. The summed E-state index contributed by atoms with van der Waals surface area (Å²) in [7, 11) is 1.30. The van der Waals surface area contributed by atoms with Crippen molar-refractivity contribution < 1.29 is 27.5 Å². The summed E-state index contributed by atoms with van der Waals surface area (Å²) in [4.78, 5) is 28.3. The van der Waals surface area contributed by atoms with E-state index in [1.165, 1.54) is 30.6 Å². The van der Waals surface area contributed by atoms with Crippen molar-refractivity contribution >= 4 is 28.2 Å². The zero-order valence-corrected chi connectivity index (χ0v) is 15.6. The number of esters is 1. The second-order valence-electron chi connectivity index (χ2n) is 5.91. The molecular weight excluding hydrogens is 395 g/mol. The van der Waals surface area contributed by atoms with Crippen LogP contribution in [-0.2, 0) is 15.7 Å². The number of hydrogen-bond acceptors (Lipinski definition) is 5. The molecule has 0 aliphatic carbocycles. The molecule has 0 aliphatic rings. The number of aromatic nitrogens is 2. The first kappa shape index (κ1) is 19.9. The maximum absolute atomic E-state index is 12.7. The van der Waals surface area contributed by atoms with Gasteiger partial charge in [0.25, 0.3) is 5.91 Å². The van der Waals surface area contributed by atoms with Gasteiger partial charge in [-0.2, -0.15) is 13.2 Å². The van der Waals surface area contributed by atoms with Crippen LogP contribution in [0.5, 0.6) is 0 Å². The molecule has 0 aliphatic heterocycles. The highest BCUT2D eigenvalue weighted by Gasteiger charge is 2.30. The summed E-state index contributed by atoms with van der Waals surface area (Å²) in [6.07, 6.45) is -2.13. The third-order valence-corrected chi connectivity index (χ3v) is 4.86. The van der Waals surface area contributed by atoms with Gasteiger partial charge < -0.3 is 10.1 Å². The largest absolute Gasteiger partial charge is 0.469 e. The van der Waals surface area contributed by atoms with E-state index in [2.05, 4.69) is 15.0 Å². The number of thiazole rings is 1. The minimum absolute atomic E-state index is 0.207. The zero-order chi connectivity index (χ0) is 20.3. The number of imidazole rings is 1. The van der Waals surface area contributed by atoms with Crippen LogP contribution in [0.15, 0.2) is 35.8 Å². The standard InChI is InChI=1S/C18H16F3N3O3S/c1-27-15(25)3-2-8-22-16(26)14-10-28-17-23-13(9-24(14)17)11-4-6-12(7-5-11)18(19,20)21/h4-7,9-10H,2-3,8H2,1H3,(H,22,26). The Kier molecular flexibility index (Phi) is 5.68. The number of halogens is 3. The normalized spacial score (nSPS) is 11.6. The van der Waals surface area contributed by atoms with Gasteiger partial charge in [0.1, 0.15) is 5.69 Å². The maximum Gasteiger partial charge on any atom is 0.416 e. The number of carbonyl (C=O) groups excluding carboxylic acids is 2. The van der Waals surface area contributed by atoms with Gasteiger partial charge in [0.15, 0.2) is 4.96 Å². The highest BCUT2D eigenvalue weighted by Crippen LogP contribution is 2.31. The number of methoxy groups -OCH3 is 1. The molecule has 1 aromatic carbocycles. The molecule has 0 bridgehead atoms. The van der Waals surface area contributed by atoms with Gasteiger partial charge in [0.2, 0.25) is 0 Å². The molecule has 0 unspecified atom stereocenters. The van der Waals surface area contributed by atoms with Crippen LogP contribution >= 0.6 is 11.3 Å². The average Bonchev–Trinajstić information content (AvgIpc) is 3.25. The Hall–Kier alpha value is -2.88. The van der Waals surface area contributed by atoms with Crippen LogP contribution in [0.3, 0.4) is 0 Å². The summed E-state index contributed by atoms with van der Waals surface area (Å²) in [5, 5.41) is 4.36. The molecule has 6 nitrogen and oxygen atoms in total. The number of amides is 1. The molecule has 1 N–H and O–H groups in total. The van der Waals surface area contributed by atoms with Crippen LogP contribution in [0.4, 0.5) is 13.2 Å². The highest BCUT2D eigenvalue weighted by atomic mass is 32.1. The van der Waals surface area contributed by atoms with Gasteiger partial charge in [0, 0.05) is 30.1 Å². The summed E-state index contributed by atoms with van der Waals surface area (Å²) < 4.78 is 44.2. The third kappa shape index (κ3) is 4.33. The van der Waals surface area contributed by atoms with Crippen molar-refractivity contribution in [3.63, 3.8) is 0 Å². The monoisotopic (exact) mass is 411 g/mol. The molecule has 2 heterocycles. The van der Waals surface area contributed by atoms with Crippen molar-refractivity contribution in [3.05, 3.63) is 47.1 Å². The number of carbonyl (C=O) groups is 2. The number of fused-ring (bicyclic) bond motifs is 1. The lowest BCUT2D eigenvalue weighted by molar-refractivity contribution is -0.140. The second kappa shape index (κ2) is 8.01. The van der Waals surface area contributed by atoms with Gasteiger partial charge in [-0.25, -0.2) is 4.98 Å². The number of hydrogen-bond donors (Lipinski definition) is 1. The lowest BCUT2D eigenvalue weighted by Crippen LogP contribution is -2.26.